The molecule has 9 heteroatoms. The van der Waals surface area contributed by atoms with Gasteiger partial charge in [0.2, 0.25) is 0 Å². The van der Waals surface area contributed by atoms with Crippen LogP contribution in [0.5, 0.6) is 11.5 Å². The minimum absolute atomic E-state index is 0.0326. The van der Waals surface area contributed by atoms with E-state index in [0.717, 1.165) is 19.3 Å². The topological polar surface area (TPSA) is 116 Å². The number of esters is 1. The van der Waals surface area contributed by atoms with Crippen molar-refractivity contribution in [2.24, 2.45) is 17.8 Å². The lowest BCUT2D eigenvalue weighted by atomic mass is 9.53. The van der Waals surface area contributed by atoms with E-state index in [1.165, 1.54) is 57.9 Å². The van der Waals surface area contributed by atoms with Crippen molar-refractivity contribution < 1.29 is 33.0 Å². The van der Waals surface area contributed by atoms with E-state index in [9.17, 15) is 14.4 Å². The third-order valence-electron chi connectivity index (χ3n) is 7.51. The SMILES string of the molecule is COc1cc(NC(=O)c2ccco2)c(C(=O)OCC(=O)NC23CC4CC(CC(C4)C2)C3)cc1OC. The van der Waals surface area contributed by atoms with Crippen LogP contribution in [-0.4, -0.2) is 44.1 Å². The first-order valence-electron chi connectivity index (χ1n) is 12.0. The number of furan rings is 1. The third-order valence-corrected chi connectivity index (χ3v) is 7.51. The zero-order valence-corrected chi connectivity index (χ0v) is 19.9. The first-order valence-corrected chi connectivity index (χ1v) is 12.0. The van der Waals surface area contributed by atoms with Gasteiger partial charge in [-0.3, -0.25) is 9.59 Å². The third kappa shape index (κ3) is 4.72. The van der Waals surface area contributed by atoms with Gasteiger partial charge in [0.1, 0.15) is 0 Å². The molecule has 2 aromatic rings. The van der Waals surface area contributed by atoms with Crippen LogP contribution in [0.4, 0.5) is 5.69 Å². The summed E-state index contributed by atoms with van der Waals surface area (Å²) in [6, 6.07) is 5.96. The van der Waals surface area contributed by atoms with Gasteiger partial charge in [-0.15, -0.1) is 0 Å². The highest BCUT2D eigenvalue weighted by molar-refractivity contribution is 6.07. The molecule has 9 nitrogen and oxygen atoms in total. The number of benzene rings is 1. The van der Waals surface area contributed by atoms with Gasteiger partial charge in [-0.25, -0.2) is 4.79 Å². The predicted octanol–water partition coefficient (Wildman–Crippen LogP) is 3.79. The molecule has 0 unspecified atom stereocenters. The summed E-state index contributed by atoms with van der Waals surface area (Å²) < 4.78 is 21.1. The molecule has 1 heterocycles. The normalized spacial score (nSPS) is 26.2. The number of nitrogens with one attached hydrogen (secondary N) is 2. The van der Waals surface area contributed by atoms with E-state index in [0.29, 0.717) is 23.5 Å². The standard InChI is InChI=1S/C26H30N2O7/c1-32-21-9-18(19(10-22(21)33-2)27-24(30)20-4-3-5-34-20)25(31)35-14-23(29)28-26-11-15-6-16(12-26)8-17(7-15)13-26/h3-5,9-10,15-17H,6-8,11-14H2,1-2H3,(H,27,30)(H,28,29). The van der Waals surface area contributed by atoms with Gasteiger partial charge in [-0.05, 0) is 68.4 Å². The highest BCUT2D eigenvalue weighted by atomic mass is 16.5. The van der Waals surface area contributed by atoms with Crippen molar-refractivity contribution in [3.8, 4) is 11.5 Å². The fourth-order valence-corrected chi connectivity index (χ4v) is 6.55. The molecule has 0 saturated heterocycles. The summed E-state index contributed by atoms with van der Waals surface area (Å²) in [5.41, 5.74) is 0.0183. The number of carbonyl (C=O) groups excluding carboxylic acids is 3. The summed E-state index contributed by atoms with van der Waals surface area (Å²) in [5.74, 6) is 1.14. The van der Waals surface area contributed by atoms with E-state index in [2.05, 4.69) is 10.6 Å². The van der Waals surface area contributed by atoms with Crippen molar-refractivity contribution in [2.75, 3.05) is 26.1 Å². The molecule has 1 aromatic heterocycles. The summed E-state index contributed by atoms with van der Waals surface area (Å²) >= 11 is 0. The van der Waals surface area contributed by atoms with Crippen LogP contribution in [0.2, 0.25) is 0 Å². The molecule has 186 valence electrons. The Kier molecular flexibility index (Phi) is 6.17. The van der Waals surface area contributed by atoms with Gasteiger partial charge < -0.3 is 29.3 Å². The summed E-state index contributed by atoms with van der Waals surface area (Å²) in [5, 5.41) is 5.84. The van der Waals surface area contributed by atoms with Crippen molar-refractivity contribution >= 4 is 23.5 Å². The average Bonchev–Trinajstić information content (AvgIpc) is 3.36. The smallest absolute Gasteiger partial charge is 0.340 e. The molecular formula is C26H30N2O7. The predicted molar refractivity (Wildman–Crippen MR) is 126 cm³/mol. The number of methoxy groups -OCH3 is 2. The Morgan fingerprint density at radius 1 is 1.00 bits per heavy atom. The second-order valence-electron chi connectivity index (χ2n) is 10.0. The van der Waals surface area contributed by atoms with E-state index >= 15 is 0 Å². The number of hydrogen-bond acceptors (Lipinski definition) is 7. The number of ether oxygens (including phenoxy) is 3. The van der Waals surface area contributed by atoms with Crippen molar-refractivity contribution in [3.63, 3.8) is 0 Å². The zero-order valence-electron chi connectivity index (χ0n) is 19.9. The molecule has 0 spiro atoms. The van der Waals surface area contributed by atoms with Gasteiger partial charge >= 0.3 is 5.97 Å². The lowest BCUT2D eigenvalue weighted by molar-refractivity contribution is -0.130. The Morgan fingerprint density at radius 2 is 1.63 bits per heavy atom. The Hall–Kier alpha value is -3.49. The van der Waals surface area contributed by atoms with E-state index in [1.807, 2.05) is 0 Å². The van der Waals surface area contributed by atoms with E-state index in [1.54, 1.807) is 6.07 Å². The van der Waals surface area contributed by atoms with Gasteiger partial charge in [0, 0.05) is 17.7 Å². The lowest BCUT2D eigenvalue weighted by Crippen LogP contribution is -2.60. The van der Waals surface area contributed by atoms with Crippen molar-refractivity contribution in [1.82, 2.24) is 5.32 Å². The van der Waals surface area contributed by atoms with Crippen molar-refractivity contribution in [1.29, 1.82) is 0 Å². The molecule has 2 amide bonds. The van der Waals surface area contributed by atoms with E-state index in [4.69, 9.17) is 18.6 Å². The van der Waals surface area contributed by atoms with Crippen molar-refractivity contribution in [3.05, 3.63) is 41.9 Å². The van der Waals surface area contributed by atoms with Crippen LogP contribution in [0, 0.1) is 17.8 Å². The fourth-order valence-electron chi connectivity index (χ4n) is 6.55. The molecule has 4 aliphatic carbocycles. The Labute approximate surface area is 203 Å². The molecule has 4 fully saturated rings. The molecule has 0 radical (unpaired) electrons. The Balaban J connectivity index is 1.28. The Morgan fingerprint density at radius 3 is 2.20 bits per heavy atom. The van der Waals surface area contributed by atoms with Crippen LogP contribution in [0.3, 0.4) is 0 Å². The molecule has 4 bridgehead atoms. The summed E-state index contributed by atoms with van der Waals surface area (Å²) in [6.07, 6.45) is 8.23. The maximum absolute atomic E-state index is 13.0. The molecule has 6 rings (SSSR count). The first kappa shape index (κ1) is 23.3. The maximum atomic E-state index is 13.0. The highest BCUT2D eigenvalue weighted by Crippen LogP contribution is 2.55. The average molecular weight is 483 g/mol. The number of rotatable bonds is 8. The van der Waals surface area contributed by atoms with Crippen LogP contribution in [0.1, 0.15) is 59.4 Å². The van der Waals surface area contributed by atoms with Gasteiger partial charge in [-0.2, -0.15) is 0 Å². The largest absolute Gasteiger partial charge is 0.493 e. The van der Waals surface area contributed by atoms with E-state index < -0.39 is 18.5 Å². The molecule has 4 saturated carbocycles. The first-order chi connectivity index (χ1) is 16.9. The van der Waals surface area contributed by atoms with Crippen LogP contribution < -0.4 is 20.1 Å². The van der Waals surface area contributed by atoms with Crippen LogP contribution in [0.25, 0.3) is 0 Å². The maximum Gasteiger partial charge on any atom is 0.340 e. The highest BCUT2D eigenvalue weighted by Gasteiger charge is 2.51. The van der Waals surface area contributed by atoms with Gasteiger partial charge in [0.15, 0.2) is 23.9 Å². The van der Waals surface area contributed by atoms with Gasteiger partial charge in [-0.1, -0.05) is 0 Å². The second kappa shape index (κ2) is 9.28. The Bertz CT molecular complexity index is 1090. The zero-order chi connectivity index (χ0) is 24.6. The number of carbonyl (C=O) groups is 3. The molecule has 35 heavy (non-hydrogen) atoms. The number of anilines is 1. The quantitative estimate of drug-likeness (QED) is 0.550. The summed E-state index contributed by atoms with van der Waals surface area (Å²) in [7, 11) is 2.88. The van der Waals surface area contributed by atoms with Crippen LogP contribution >= 0.6 is 0 Å². The molecule has 0 aliphatic heterocycles. The van der Waals surface area contributed by atoms with Crippen LogP contribution in [0.15, 0.2) is 34.9 Å². The van der Waals surface area contributed by atoms with E-state index in [-0.39, 0.29) is 34.2 Å². The molecular weight excluding hydrogens is 452 g/mol. The lowest BCUT2D eigenvalue weighted by Gasteiger charge is -2.56. The van der Waals surface area contributed by atoms with Crippen molar-refractivity contribution in [2.45, 2.75) is 44.1 Å². The molecule has 1 aromatic carbocycles. The number of hydrogen-bond donors (Lipinski definition) is 2. The minimum atomic E-state index is -0.763. The van der Waals surface area contributed by atoms with Gasteiger partial charge in [0.05, 0.1) is 31.7 Å². The molecule has 2 N–H and O–H groups in total. The fraction of sp³-hybridized carbons (Fsp3) is 0.500. The summed E-state index contributed by atoms with van der Waals surface area (Å²) in [4.78, 5) is 38.3. The van der Waals surface area contributed by atoms with Gasteiger partial charge in [0.25, 0.3) is 11.8 Å². The minimum Gasteiger partial charge on any atom is -0.493 e. The summed E-state index contributed by atoms with van der Waals surface area (Å²) in [6.45, 7) is -0.402. The molecule has 0 atom stereocenters. The number of amides is 2. The molecule has 4 aliphatic rings. The second-order valence-corrected chi connectivity index (χ2v) is 10.0. The monoisotopic (exact) mass is 482 g/mol. The van der Waals surface area contributed by atoms with Crippen LogP contribution in [-0.2, 0) is 9.53 Å².